The lowest BCUT2D eigenvalue weighted by atomic mass is 10.2. The molecule has 27 heavy (non-hydrogen) atoms. The minimum Gasteiger partial charge on any atom is -0.467 e. The van der Waals surface area contributed by atoms with Crippen LogP contribution in [-0.2, 0) is 26.1 Å². The number of nitrogens with zero attached hydrogens (tertiary/aromatic N) is 4. The van der Waals surface area contributed by atoms with Gasteiger partial charge in [0, 0.05) is 26.1 Å². The van der Waals surface area contributed by atoms with Crippen LogP contribution < -0.4 is 0 Å². The van der Waals surface area contributed by atoms with Gasteiger partial charge in [0.2, 0.25) is 0 Å². The van der Waals surface area contributed by atoms with E-state index in [4.69, 9.17) is 4.42 Å². The lowest BCUT2D eigenvalue weighted by Crippen LogP contribution is -2.29. The first-order valence-corrected chi connectivity index (χ1v) is 9.68. The van der Waals surface area contributed by atoms with E-state index in [0.29, 0.717) is 18.8 Å². The maximum atomic E-state index is 10.6. The molecule has 0 amide bonds. The summed E-state index contributed by atoms with van der Waals surface area (Å²) in [6, 6.07) is 13.9. The van der Waals surface area contributed by atoms with E-state index >= 15 is 0 Å². The van der Waals surface area contributed by atoms with E-state index in [1.54, 1.807) is 12.3 Å². The van der Waals surface area contributed by atoms with Crippen molar-refractivity contribution in [2.24, 2.45) is 0 Å². The van der Waals surface area contributed by atoms with Gasteiger partial charge in [-0.3, -0.25) is 4.90 Å². The van der Waals surface area contributed by atoms with Crippen molar-refractivity contribution in [1.82, 2.24) is 19.7 Å². The van der Waals surface area contributed by atoms with Gasteiger partial charge in [-0.25, -0.2) is 0 Å². The van der Waals surface area contributed by atoms with E-state index in [2.05, 4.69) is 31.8 Å². The molecule has 3 aromatic rings. The Hall–Kier alpha value is -2.44. The fourth-order valence-corrected chi connectivity index (χ4v) is 3.70. The van der Waals surface area contributed by atoms with E-state index in [9.17, 15) is 5.11 Å². The largest absolute Gasteiger partial charge is 0.467 e. The number of furan rings is 1. The van der Waals surface area contributed by atoms with Crippen LogP contribution in [0.15, 0.2) is 53.1 Å². The van der Waals surface area contributed by atoms with E-state index in [0.717, 1.165) is 31.2 Å². The third-order valence-corrected chi connectivity index (χ3v) is 5.10. The standard InChI is InChI=1S/C21H26N4O2/c26-18(19-10-7-13-27-19)15-24(14-17-8-3-1-4-9-17)16-21-23-22-20-11-5-2-6-12-25(20)21/h1,3-4,7-10,13,18,26H,2,5-6,11-12,14-16H2. The lowest BCUT2D eigenvalue weighted by Gasteiger charge is -2.24. The molecule has 2 aromatic heterocycles. The van der Waals surface area contributed by atoms with Crippen LogP contribution in [0, 0.1) is 0 Å². The molecule has 0 saturated heterocycles. The number of hydrogen-bond donors (Lipinski definition) is 1. The maximum absolute atomic E-state index is 10.6. The van der Waals surface area contributed by atoms with Gasteiger partial charge in [-0.2, -0.15) is 0 Å². The molecule has 1 atom stereocenters. The Morgan fingerprint density at radius 3 is 2.74 bits per heavy atom. The van der Waals surface area contributed by atoms with Crippen molar-refractivity contribution in [3.8, 4) is 0 Å². The molecular formula is C21H26N4O2. The monoisotopic (exact) mass is 366 g/mol. The fourth-order valence-electron chi connectivity index (χ4n) is 3.70. The van der Waals surface area contributed by atoms with E-state index < -0.39 is 6.10 Å². The first-order chi connectivity index (χ1) is 13.3. The predicted molar refractivity (Wildman–Crippen MR) is 102 cm³/mol. The van der Waals surface area contributed by atoms with Crippen LogP contribution in [0.25, 0.3) is 0 Å². The Morgan fingerprint density at radius 2 is 1.93 bits per heavy atom. The minimum atomic E-state index is -0.671. The van der Waals surface area contributed by atoms with E-state index in [1.807, 2.05) is 24.3 Å². The Labute approximate surface area is 159 Å². The zero-order chi connectivity index (χ0) is 18.5. The Balaban J connectivity index is 1.53. The highest BCUT2D eigenvalue weighted by molar-refractivity contribution is 5.15. The molecule has 0 spiro atoms. The van der Waals surface area contributed by atoms with Gasteiger partial charge in [-0.15, -0.1) is 10.2 Å². The molecule has 1 N–H and O–H groups in total. The maximum Gasteiger partial charge on any atom is 0.147 e. The smallest absolute Gasteiger partial charge is 0.147 e. The summed E-state index contributed by atoms with van der Waals surface area (Å²) in [7, 11) is 0. The van der Waals surface area contributed by atoms with Crippen LogP contribution in [0.5, 0.6) is 0 Å². The second kappa shape index (κ2) is 8.50. The average molecular weight is 366 g/mol. The molecule has 142 valence electrons. The lowest BCUT2D eigenvalue weighted by molar-refractivity contribution is 0.0853. The molecule has 4 rings (SSSR count). The van der Waals surface area contributed by atoms with Gasteiger partial charge in [0.15, 0.2) is 0 Å². The molecule has 1 aliphatic rings. The average Bonchev–Trinajstić information content (AvgIpc) is 3.28. The van der Waals surface area contributed by atoms with Gasteiger partial charge in [-0.1, -0.05) is 36.8 Å². The van der Waals surface area contributed by atoms with Crippen molar-refractivity contribution < 1.29 is 9.52 Å². The van der Waals surface area contributed by atoms with E-state index in [-0.39, 0.29) is 0 Å². The molecule has 0 bridgehead atoms. The Morgan fingerprint density at radius 1 is 1.04 bits per heavy atom. The zero-order valence-electron chi connectivity index (χ0n) is 15.5. The highest BCUT2D eigenvalue weighted by atomic mass is 16.4. The minimum absolute atomic E-state index is 0.477. The van der Waals surface area contributed by atoms with Crippen molar-refractivity contribution in [3.63, 3.8) is 0 Å². The Bertz CT molecular complexity index is 829. The van der Waals surface area contributed by atoms with Gasteiger partial charge in [-0.05, 0) is 30.5 Å². The van der Waals surface area contributed by atoms with Crippen LogP contribution >= 0.6 is 0 Å². The van der Waals surface area contributed by atoms with Gasteiger partial charge in [0.25, 0.3) is 0 Å². The first-order valence-electron chi connectivity index (χ1n) is 9.68. The molecule has 0 radical (unpaired) electrons. The van der Waals surface area contributed by atoms with Gasteiger partial charge >= 0.3 is 0 Å². The van der Waals surface area contributed by atoms with Gasteiger partial charge in [0.1, 0.15) is 23.5 Å². The van der Waals surface area contributed by atoms with Crippen molar-refractivity contribution in [2.75, 3.05) is 6.54 Å². The van der Waals surface area contributed by atoms with E-state index in [1.165, 1.54) is 24.8 Å². The summed E-state index contributed by atoms with van der Waals surface area (Å²) in [6.07, 6.45) is 5.53. The summed E-state index contributed by atoms with van der Waals surface area (Å²) in [5, 5.41) is 19.5. The number of aliphatic hydroxyl groups is 1. The SMILES string of the molecule is OC(CN(Cc1ccccc1)Cc1nnc2n1CCCCC2)c1ccco1. The van der Waals surface area contributed by atoms with Crippen LogP contribution in [0.3, 0.4) is 0 Å². The van der Waals surface area contributed by atoms with Crippen molar-refractivity contribution in [1.29, 1.82) is 0 Å². The third-order valence-electron chi connectivity index (χ3n) is 5.10. The highest BCUT2D eigenvalue weighted by Crippen LogP contribution is 2.20. The second-order valence-corrected chi connectivity index (χ2v) is 7.18. The highest BCUT2D eigenvalue weighted by Gasteiger charge is 2.21. The summed E-state index contributed by atoms with van der Waals surface area (Å²) in [5.41, 5.74) is 1.21. The van der Waals surface area contributed by atoms with Gasteiger partial charge in [0.05, 0.1) is 12.8 Å². The van der Waals surface area contributed by atoms with Crippen molar-refractivity contribution in [3.05, 3.63) is 71.7 Å². The number of aryl methyl sites for hydroxylation is 1. The van der Waals surface area contributed by atoms with Crippen LogP contribution in [0.4, 0.5) is 0 Å². The van der Waals surface area contributed by atoms with Crippen LogP contribution in [0.2, 0.25) is 0 Å². The molecule has 0 fully saturated rings. The van der Waals surface area contributed by atoms with Crippen LogP contribution in [-0.4, -0.2) is 31.3 Å². The topological polar surface area (TPSA) is 67.3 Å². The summed E-state index contributed by atoms with van der Waals surface area (Å²) >= 11 is 0. The number of fused-ring (bicyclic) bond motifs is 1. The summed E-state index contributed by atoms with van der Waals surface area (Å²) < 4.78 is 7.65. The third kappa shape index (κ3) is 4.46. The zero-order valence-corrected chi connectivity index (χ0v) is 15.5. The summed E-state index contributed by atoms with van der Waals surface area (Å²) in [6.45, 7) is 2.85. The molecule has 3 heterocycles. The fraction of sp³-hybridized carbons (Fsp3) is 0.429. The number of rotatable bonds is 7. The number of benzene rings is 1. The molecule has 0 saturated carbocycles. The number of hydrogen-bond acceptors (Lipinski definition) is 5. The first kappa shape index (κ1) is 17.9. The quantitative estimate of drug-likeness (QED) is 0.695. The number of aromatic nitrogens is 3. The Kier molecular flexibility index (Phi) is 5.65. The van der Waals surface area contributed by atoms with Crippen molar-refractivity contribution >= 4 is 0 Å². The molecule has 1 unspecified atom stereocenters. The molecule has 6 nitrogen and oxygen atoms in total. The summed E-state index contributed by atoms with van der Waals surface area (Å²) in [4.78, 5) is 2.21. The molecule has 6 heteroatoms. The molecule has 0 aliphatic carbocycles. The predicted octanol–water partition coefficient (Wildman–Crippen LogP) is 3.33. The van der Waals surface area contributed by atoms with Crippen molar-refractivity contribution in [2.45, 2.75) is 51.4 Å². The molecule has 1 aliphatic heterocycles. The second-order valence-electron chi connectivity index (χ2n) is 7.18. The number of aliphatic hydroxyl groups excluding tert-OH is 1. The van der Waals surface area contributed by atoms with Gasteiger partial charge < -0.3 is 14.1 Å². The molecular weight excluding hydrogens is 340 g/mol. The van der Waals surface area contributed by atoms with Crippen LogP contribution in [0.1, 0.15) is 48.3 Å². The normalized spacial score (nSPS) is 15.5. The molecule has 1 aromatic carbocycles. The summed E-state index contributed by atoms with van der Waals surface area (Å²) in [5.74, 6) is 2.66.